The number of amides is 1. The second-order valence-electron chi connectivity index (χ2n) is 10.8. The fourth-order valence-electron chi connectivity index (χ4n) is 2.60. The maximum absolute atomic E-state index is 12.5. The van der Waals surface area contributed by atoms with E-state index in [-0.39, 0.29) is 17.2 Å². The second-order valence-corrected chi connectivity index (χ2v) is 20.4. The van der Waals surface area contributed by atoms with Gasteiger partial charge in [0.1, 0.15) is 8.07 Å². The molecule has 2 atom stereocenters. The summed E-state index contributed by atoms with van der Waals surface area (Å²) in [7, 11) is -3.26. The number of carbonyl (C=O) groups is 1. The molecule has 1 amide bonds. The van der Waals surface area contributed by atoms with Crippen molar-refractivity contribution in [2.24, 2.45) is 0 Å². The molecule has 4 nitrogen and oxygen atoms in total. The molecule has 1 aromatic rings. The molecule has 174 valence electrons. The molecule has 0 aliphatic heterocycles. The Morgan fingerprint density at radius 1 is 1.06 bits per heavy atom. The van der Waals surface area contributed by atoms with Crippen LogP contribution in [0.15, 0.2) is 30.3 Å². The van der Waals surface area contributed by atoms with Crippen molar-refractivity contribution in [3.05, 3.63) is 35.9 Å². The molecule has 0 aromatic heterocycles. The third-order valence-electron chi connectivity index (χ3n) is 5.62. The molecule has 0 saturated heterocycles. The summed E-state index contributed by atoms with van der Waals surface area (Å²) in [5.74, 6) is 3.23. The Bertz CT molecular complexity index is 740. The van der Waals surface area contributed by atoms with Gasteiger partial charge in [0.05, 0.1) is 6.04 Å². The highest BCUT2D eigenvalue weighted by Gasteiger charge is 2.36. The van der Waals surface area contributed by atoms with Crippen molar-refractivity contribution in [3.8, 4) is 11.5 Å². The number of ether oxygens (including phenoxy) is 1. The number of carbonyl (C=O) groups excluding carboxylic acids is 1. The minimum Gasteiger partial charge on any atom is -0.433 e. The van der Waals surface area contributed by atoms with Gasteiger partial charge in [0.25, 0.3) is 0 Å². The summed E-state index contributed by atoms with van der Waals surface area (Å²) in [5.41, 5.74) is 4.41. The Morgan fingerprint density at radius 2 is 1.68 bits per heavy atom. The van der Waals surface area contributed by atoms with E-state index >= 15 is 0 Å². The number of nitrogens with one attached hydrogen (secondary N) is 1. The van der Waals surface area contributed by atoms with Gasteiger partial charge in [0, 0.05) is 6.61 Å². The summed E-state index contributed by atoms with van der Waals surface area (Å²) in [6.07, 6.45) is 1.79. The molecule has 0 spiro atoms. The first-order valence-corrected chi connectivity index (χ1v) is 17.8. The third kappa shape index (κ3) is 11.0. The average Bonchev–Trinajstić information content (AvgIpc) is 2.64. The van der Waals surface area contributed by atoms with Crippen molar-refractivity contribution < 1.29 is 14.0 Å². The predicted octanol–water partition coefficient (Wildman–Crippen LogP) is 6.92. The van der Waals surface area contributed by atoms with Gasteiger partial charge >= 0.3 is 6.09 Å². The summed E-state index contributed by atoms with van der Waals surface area (Å²) in [4.78, 5) is 12.5. The summed E-state index contributed by atoms with van der Waals surface area (Å²) in [6.45, 7) is 20.6. The van der Waals surface area contributed by atoms with Crippen LogP contribution in [0.25, 0.3) is 0 Å². The predicted molar refractivity (Wildman–Crippen MR) is 136 cm³/mol. The highest BCUT2D eigenvalue weighted by Crippen LogP contribution is 2.36. The van der Waals surface area contributed by atoms with Crippen LogP contribution in [0.1, 0.15) is 58.6 Å². The average molecular weight is 462 g/mol. The normalized spacial score (nSPS) is 14.2. The Labute approximate surface area is 192 Å². The molecule has 0 aliphatic carbocycles. The maximum Gasteiger partial charge on any atom is 0.408 e. The molecule has 0 heterocycles. The zero-order valence-corrected chi connectivity index (χ0v) is 23.1. The Hall–Kier alpha value is -1.56. The van der Waals surface area contributed by atoms with Gasteiger partial charge in [-0.25, -0.2) is 4.79 Å². The second kappa shape index (κ2) is 11.9. The molecule has 0 aliphatic rings. The number of rotatable bonds is 9. The van der Waals surface area contributed by atoms with Crippen molar-refractivity contribution in [1.82, 2.24) is 5.32 Å². The van der Waals surface area contributed by atoms with Crippen molar-refractivity contribution >= 4 is 22.5 Å². The monoisotopic (exact) mass is 461 g/mol. The molecule has 31 heavy (non-hydrogen) atoms. The summed E-state index contributed by atoms with van der Waals surface area (Å²) >= 11 is 0. The van der Waals surface area contributed by atoms with Crippen LogP contribution in [0.5, 0.6) is 0 Å². The van der Waals surface area contributed by atoms with Crippen LogP contribution < -0.4 is 5.32 Å². The quantitative estimate of drug-likeness (QED) is 0.247. The molecular formula is C25H43NO3Si2. The molecule has 0 bridgehead atoms. The zero-order valence-electron chi connectivity index (χ0n) is 21.1. The molecule has 1 unspecified atom stereocenters. The van der Waals surface area contributed by atoms with Gasteiger partial charge in [0.2, 0.25) is 0 Å². The van der Waals surface area contributed by atoms with Crippen molar-refractivity contribution in [2.75, 3.05) is 6.61 Å². The van der Waals surface area contributed by atoms with Crippen LogP contribution >= 0.6 is 0 Å². The largest absolute Gasteiger partial charge is 0.433 e. The molecule has 1 aromatic carbocycles. The zero-order chi connectivity index (χ0) is 23.7. The SMILES string of the molecule is C[C@H](NC(=O)OC(C#C[Si](C)(C)C)CCCCO[Si](C)(C)C(C)(C)C)c1ccccc1. The van der Waals surface area contributed by atoms with Gasteiger partial charge in [-0.15, -0.1) is 5.54 Å². The van der Waals surface area contributed by atoms with E-state index < -0.39 is 22.5 Å². The van der Waals surface area contributed by atoms with Gasteiger partial charge in [-0.1, -0.05) is 76.7 Å². The van der Waals surface area contributed by atoms with Crippen LogP contribution in [0, 0.1) is 11.5 Å². The van der Waals surface area contributed by atoms with E-state index in [1.165, 1.54) is 0 Å². The van der Waals surface area contributed by atoms with Gasteiger partial charge < -0.3 is 14.5 Å². The highest BCUT2D eigenvalue weighted by atomic mass is 28.4. The van der Waals surface area contributed by atoms with Gasteiger partial charge in [-0.3, -0.25) is 0 Å². The third-order valence-corrected chi connectivity index (χ3v) is 11.1. The van der Waals surface area contributed by atoms with Gasteiger partial charge in [-0.05, 0) is 49.9 Å². The highest BCUT2D eigenvalue weighted by molar-refractivity contribution is 6.83. The smallest absolute Gasteiger partial charge is 0.408 e. The Balaban J connectivity index is 2.60. The number of hydrogen-bond acceptors (Lipinski definition) is 3. The van der Waals surface area contributed by atoms with E-state index in [9.17, 15) is 4.79 Å². The summed E-state index contributed by atoms with van der Waals surface area (Å²) < 4.78 is 12.0. The molecular weight excluding hydrogens is 418 g/mol. The van der Waals surface area contributed by atoms with E-state index in [1.807, 2.05) is 37.3 Å². The lowest BCUT2D eigenvalue weighted by Crippen LogP contribution is -2.41. The Morgan fingerprint density at radius 3 is 2.23 bits per heavy atom. The first-order chi connectivity index (χ1) is 14.2. The number of alkyl carbamates (subject to hydrolysis) is 1. The van der Waals surface area contributed by atoms with Crippen LogP contribution in [-0.2, 0) is 9.16 Å². The summed E-state index contributed by atoms with van der Waals surface area (Å²) in [5, 5.41) is 3.14. The van der Waals surface area contributed by atoms with Crippen LogP contribution in [-0.4, -0.2) is 35.2 Å². The van der Waals surface area contributed by atoms with E-state index in [4.69, 9.17) is 9.16 Å². The van der Waals surface area contributed by atoms with Crippen molar-refractivity contribution in [2.45, 2.75) is 96.9 Å². The van der Waals surface area contributed by atoms with Crippen LogP contribution in [0.3, 0.4) is 0 Å². The van der Waals surface area contributed by atoms with E-state index in [2.05, 4.69) is 70.3 Å². The van der Waals surface area contributed by atoms with Crippen LogP contribution in [0.4, 0.5) is 4.79 Å². The minimum atomic E-state index is -1.72. The molecule has 0 radical (unpaired) electrons. The molecule has 1 N–H and O–H groups in total. The van der Waals surface area contributed by atoms with Crippen molar-refractivity contribution in [1.29, 1.82) is 0 Å². The Kier molecular flexibility index (Phi) is 10.5. The van der Waals surface area contributed by atoms with E-state index in [0.717, 1.165) is 31.4 Å². The molecule has 6 heteroatoms. The van der Waals surface area contributed by atoms with Crippen LogP contribution in [0.2, 0.25) is 37.8 Å². The van der Waals surface area contributed by atoms with E-state index in [1.54, 1.807) is 0 Å². The first kappa shape index (κ1) is 27.5. The number of hydrogen-bond donors (Lipinski definition) is 1. The number of unbranched alkanes of at least 4 members (excludes halogenated alkanes) is 1. The van der Waals surface area contributed by atoms with Gasteiger partial charge in [-0.2, -0.15) is 0 Å². The fourth-order valence-corrected chi connectivity index (χ4v) is 4.28. The maximum atomic E-state index is 12.5. The number of benzene rings is 1. The lowest BCUT2D eigenvalue weighted by atomic mass is 10.1. The lowest BCUT2D eigenvalue weighted by molar-refractivity contribution is 0.114. The van der Waals surface area contributed by atoms with Crippen molar-refractivity contribution in [3.63, 3.8) is 0 Å². The lowest BCUT2D eigenvalue weighted by Gasteiger charge is -2.36. The van der Waals surface area contributed by atoms with Gasteiger partial charge in [0.15, 0.2) is 14.4 Å². The molecule has 1 rings (SSSR count). The molecule has 0 saturated carbocycles. The minimum absolute atomic E-state index is 0.114. The standard InChI is InChI=1S/C25H43NO3Si2/c1-21(22-15-11-10-12-16-22)26-24(27)29-23(18-20-30(5,6)7)17-13-14-19-28-31(8,9)25(2,3)4/h10-12,15-16,21,23H,13-14,17,19H2,1-9H3,(H,26,27)/t21-,23?/m0/s1. The summed E-state index contributed by atoms with van der Waals surface area (Å²) in [6, 6.07) is 9.77. The topological polar surface area (TPSA) is 47.6 Å². The molecule has 0 fully saturated rings. The first-order valence-electron chi connectivity index (χ1n) is 11.4. The fraction of sp³-hybridized carbons (Fsp3) is 0.640. The van der Waals surface area contributed by atoms with E-state index in [0.29, 0.717) is 0 Å².